The van der Waals surface area contributed by atoms with Crippen molar-refractivity contribution in [3.8, 4) is 0 Å². The van der Waals surface area contributed by atoms with Gasteiger partial charge in [-0.3, -0.25) is 0 Å². The Kier molecular flexibility index (Phi) is 4.77. The molecular formula is C13H23F2N5. The number of nitrogens with zero attached hydrogens (tertiary/aromatic N) is 3. The minimum Gasteiger partial charge on any atom is -0.369 e. The third kappa shape index (κ3) is 4.31. The molecule has 1 aliphatic carbocycles. The fourth-order valence-corrected chi connectivity index (χ4v) is 2.68. The van der Waals surface area contributed by atoms with Gasteiger partial charge in [0.15, 0.2) is 5.96 Å². The quantitative estimate of drug-likeness (QED) is 0.569. The molecule has 0 bridgehead atoms. The molecule has 20 heavy (non-hydrogen) atoms. The van der Waals surface area contributed by atoms with Crippen molar-refractivity contribution in [3.63, 3.8) is 0 Å². The molecule has 0 radical (unpaired) electrons. The summed E-state index contributed by atoms with van der Waals surface area (Å²) in [6.07, 6.45) is 5.27. The highest BCUT2D eigenvalue weighted by atomic mass is 19.3. The minimum absolute atomic E-state index is 0.159. The van der Waals surface area contributed by atoms with Crippen LogP contribution in [0.3, 0.4) is 0 Å². The van der Waals surface area contributed by atoms with Gasteiger partial charge in [-0.25, -0.2) is 13.8 Å². The van der Waals surface area contributed by atoms with Crippen LogP contribution < -0.4 is 11.5 Å². The molecule has 0 spiro atoms. The molecule has 1 heterocycles. The van der Waals surface area contributed by atoms with E-state index in [1.807, 2.05) is 0 Å². The van der Waals surface area contributed by atoms with E-state index in [4.69, 9.17) is 11.5 Å². The van der Waals surface area contributed by atoms with Gasteiger partial charge in [0.2, 0.25) is 5.96 Å². The Morgan fingerprint density at radius 1 is 1.05 bits per heavy atom. The molecule has 1 saturated heterocycles. The number of guanidine groups is 2. The Labute approximate surface area is 118 Å². The predicted octanol–water partition coefficient (Wildman–Crippen LogP) is 1.68. The SMILES string of the molecule is NC(=NC1CCCCC1)N=C(N)N1CCC(F)(F)CC1. The molecule has 0 aromatic rings. The molecule has 0 amide bonds. The minimum atomic E-state index is -2.58. The molecule has 4 N–H and O–H groups in total. The molecule has 7 heteroatoms. The maximum absolute atomic E-state index is 13.1. The van der Waals surface area contributed by atoms with Crippen molar-refractivity contribution in [1.82, 2.24) is 4.90 Å². The molecule has 2 aliphatic rings. The molecule has 114 valence electrons. The highest BCUT2D eigenvalue weighted by Gasteiger charge is 2.34. The van der Waals surface area contributed by atoms with Crippen LogP contribution >= 0.6 is 0 Å². The van der Waals surface area contributed by atoms with Crippen molar-refractivity contribution in [3.05, 3.63) is 0 Å². The number of nitrogens with two attached hydrogens (primary N) is 2. The lowest BCUT2D eigenvalue weighted by Crippen LogP contribution is -2.46. The molecule has 1 aliphatic heterocycles. The first-order chi connectivity index (χ1) is 9.46. The zero-order valence-corrected chi connectivity index (χ0v) is 11.7. The molecule has 0 aromatic carbocycles. The largest absolute Gasteiger partial charge is 0.369 e. The molecule has 2 rings (SSSR count). The van der Waals surface area contributed by atoms with E-state index < -0.39 is 5.92 Å². The molecule has 0 atom stereocenters. The lowest BCUT2D eigenvalue weighted by Gasteiger charge is -2.32. The smallest absolute Gasteiger partial charge is 0.251 e. The van der Waals surface area contributed by atoms with Crippen LogP contribution in [0.4, 0.5) is 8.78 Å². The van der Waals surface area contributed by atoms with Crippen molar-refractivity contribution in [2.24, 2.45) is 21.5 Å². The number of hydrogen-bond donors (Lipinski definition) is 2. The first-order valence-corrected chi connectivity index (χ1v) is 7.26. The van der Waals surface area contributed by atoms with Gasteiger partial charge in [0, 0.05) is 25.9 Å². The molecule has 0 aromatic heterocycles. The Morgan fingerprint density at radius 3 is 2.25 bits per heavy atom. The zero-order valence-electron chi connectivity index (χ0n) is 11.7. The molecular weight excluding hydrogens is 264 g/mol. The standard InChI is InChI=1S/C13H23F2N5/c14-13(15)6-8-20(9-7-13)12(17)19-11(16)18-10-4-2-1-3-5-10/h10H,1-9H2,(H4,16,17,18,19). The van der Waals surface area contributed by atoms with Crippen LogP contribution in [0.15, 0.2) is 9.98 Å². The Bertz CT molecular complexity index is 378. The van der Waals surface area contributed by atoms with Crippen LogP contribution in [0.2, 0.25) is 0 Å². The lowest BCUT2D eigenvalue weighted by molar-refractivity contribution is -0.0435. The third-order valence-electron chi connectivity index (χ3n) is 3.94. The van der Waals surface area contributed by atoms with Gasteiger partial charge >= 0.3 is 0 Å². The van der Waals surface area contributed by atoms with Crippen molar-refractivity contribution in [2.45, 2.75) is 56.9 Å². The zero-order chi connectivity index (χ0) is 14.6. The summed E-state index contributed by atoms with van der Waals surface area (Å²) in [6.45, 7) is 0.415. The second-order valence-corrected chi connectivity index (χ2v) is 5.59. The summed E-state index contributed by atoms with van der Waals surface area (Å²) in [5, 5.41) is 0. The molecule has 2 fully saturated rings. The Hall–Kier alpha value is -1.40. The summed E-state index contributed by atoms with van der Waals surface area (Å²) in [6, 6.07) is 0.228. The van der Waals surface area contributed by atoms with Gasteiger partial charge in [0.05, 0.1) is 6.04 Å². The number of likely N-dealkylation sites (tertiary alicyclic amines) is 1. The number of rotatable bonds is 1. The Morgan fingerprint density at radius 2 is 1.65 bits per heavy atom. The number of aliphatic imine (C=N–C) groups is 2. The summed E-state index contributed by atoms with van der Waals surface area (Å²) in [7, 11) is 0. The van der Waals surface area contributed by atoms with Crippen molar-refractivity contribution in [2.75, 3.05) is 13.1 Å². The number of piperidine rings is 1. The highest BCUT2D eigenvalue weighted by molar-refractivity contribution is 5.93. The van der Waals surface area contributed by atoms with Gasteiger partial charge in [0.1, 0.15) is 0 Å². The molecule has 0 unspecified atom stereocenters. The van der Waals surface area contributed by atoms with Crippen molar-refractivity contribution >= 4 is 11.9 Å². The van der Waals surface area contributed by atoms with Crippen LogP contribution in [0, 0.1) is 0 Å². The summed E-state index contributed by atoms with van der Waals surface area (Å²) in [4.78, 5) is 10.0. The number of hydrogen-bond acceptors (Lipinski definition) is 1. The van der Waals surface area contributed by atoms with Crippen LogP contribution in [-0.4, -0.2) is 41.9 Å². The normalized spacial score (nSPS) is 25.8. The van der Waals surface area contributed by atoms with Crippen molar-refractivity contribution < 1.29 is 8.78 Å². The third-order valence-corrected chi connectivity index (χ3v) is 3.94. The van der Waals surface area contributed by atoms with Gasteiger partial charge < -0.3 is 16.4 Å². The van der Waals surface area contributed by atoms with Crippen molar-refractivity contribution in [1.29, 1.82) is 0 Å². The van der Waals surface area contributed by atoms with Crippen LogP contribution in [0.5, 0.6) is 0 Å². The van der Waals surface area contributed by atoms with Crippen LogP contribution in [-0.2, 0) is 0 Å². The maximum atomic E-state index is 13.1. The molecule has 1 saturated carbocycles. The number of alkyl halides is 2. The van der Waals surface area contributed by atoms with Gasteiger partial charge in [-0.2, -0.15) is 4.99 Å². The van der Waals surface area contributed by atoms with Gasteiger partial charge in [-0.05, 0) is 12.8 Å². The van der Waals surface area contributed by atoms with Gasteiger partial charge in [-0.15, -0.1) is 0 Å². The summed E-state index contributed by atoms with van der Waals surface area (Å²) in [5.74, 6) is -2.23. The van der Waals surface area contributed by atoms with Crippen LogP contribution in [0.25, 0.3) is 0 Å². The first-order valence-electron chi connectivity index (χ1n) is 7.26. The molecule has 5 nitrogen and oxygen atoms in total. The van der Waals surface area contributed by atoms with E-state index >= 15 is 0 Å². The average molecular weight is 287 g/mol. The second-order valence-electron chi connectivity index (χ2n) is 5.59. The predicted molar refractivity (Wildman–Crippen MR) is 75.9 cm³/mol. The highest BCUT2D eigenvalue weighted by Crippen LogP contribution is 2.27. The van der Waals surface area contributed by atoms with E-state index in [1.165, 1.54) is 19.3 Å². The van der Waals surface area contributed by atoms with E-state index in [1.54, 1.807) is 4.90 Å². The second kappa shape index (κ2) is 6.37. The number of halogens is 2. The van der Waals surface area contributed by atoms with Crippen LogP contribution in [0.1, 0.15) is 44.9 Å². The van der Waals surface area contributed by atoms with E-state index in [9.17, 15) is 8.78 Å². The topological polar surface area (TPSA) is 80.0 Å². The maximum Gasteiger partial charge on any atom is 0.251 e. The monoisotopic (exact) mass is 287 g/mol. The first kappa shape index (κ1) is 15.0. The fourth-order valence-electron chi connectivity index (χ4n) is 2.68. The van der Waals surface area contributed by atoms with E-state index in [-0.39, 0.29) is 43.9 Å². The van der Waals surface area contributed by atoms with Gasteiger partial charge in [-0.1, -0.05) is 19.3 Å². The Balaban J connectivity index is 1.90. The fraction of sp³-hybridized carbons (Fsp3) is 0.846. The summed E-state index contributed by atoms with van der Waals surface area (Å²) >= 11 is 0. The average Bonchev–Trinajstić information content (AvgIpc) is 2.39. The van der Waals surface area contributed by atoms with E-state index in [0.29, 0.717) is 0 Å². The summed E-state index contributed by atoms with van der Waals surface area (Å²) in [5.41, 5.74) is 11.6. The van der Waals surface area contributed by atoms with E-state index in [2.05, 4.69) is 9.98 Å². The van der Waals surface area contributed by atoms with E-state index in [0.717, 1.165) is 12.8 Å². The lowest BCUT2D eigenvalue weighted by atomic mass is 9.96. The van der Waals surface area contributed by atoms with Gasteiger partial charge in [0.25, 0.3) is 5.92 Å². The summed E-state index contributed by atoms with van der Waals surface area (Å²) < 4.78 is 26.1.